The van der Waals surface area contributed by atoms with Crippen molar-refractivity contribution in [1.29, 1.82) is 0 Å². The monoisotopic (exact) mass is 344 g/mol. The van der Waals surface area contributed by atoms with Gasteiger partial charge >= 0.3 is 0 Å². The molecule has 19 heavy (non-hydrogen) atoms. The van der Waals surface area contributed by atoms with Gasteiger partial charge in [-0.2, -0.15) is 5.10 Å². The van der Waals surface area contributed by atoms with Crippen LogP contribution in [0.3, 0.4) is 0 Å². The molecule has 0 amide bonds. The third kappa shape index (κ3) is 2.64. The topological polar surface area (TPSA) is 76.9 Å². The zero-order chi connectivity index (χ0) is 14.2. The molecule has 0 saturated carbocycles. The summed E-state index contributed by atoms with van der Waals surface area (Å²) in [4.78, 5) is 4.18. The number of rotatable bonds is 3. The number of hydrogen-bond acceptors (Lipinski definition) is 4. The van der Waals surface area contributed by atoms with Crippen molar-refractivity contribution in [2.24, 2.45) is 7.05 Å². The Kier molecular flexibility index (Phi) is 3.64. The van der Waals surface area contributed by atoms with E-state index in [1.807, 2.05) is 0 Å². The minimum Gasteiger partial charge on any atom is -0.277 e. The van der Waals surface area contributed by atoms with Gasteiger partial charge in [0.05, 0.1) is 17.1 Å². The minimum absolute atomic E-state index is 0.200. The van der Waals surface area contributed by atoms with E-state index in [1.165, 1.54) is 0 Å². The number of aromatic nitrogens is 3. The van der Waals surface area contributed by atoms with E-state index >= 15 is 0 Å². The van der Waals surface area contributed by atoms with Crippen LogP contribution in [0.15, 0.2) is 27.8 Å². The Morgan fingerprint density at radius 1 is 1.37 bits per heavy atom. The molecule has 0 saturated heterocycles. The van der Waals surface area contributed by atoms with Crippen molar-refractivity contribution in [1.82, 2.24) is 14.8 Å². The number of halogens is 1. The summed E-state index contributed by atoms with van der Waals surface area (Å²) in [5.41, 5.74) is 1.45. The molecule has 0 aromatic carbocycles. The molecule has 0 aliphatic heterocycles. The van der Waals surface area contributed by atoms with Gasteiger partial charge in [0.15, 0.2) is 0 Å². The van der Waals surface area contributed by atoms with Gasteiger partial charge in [-0.15, -0.1) is 0 Å². The van der Waals surface area contributed by atoms with Crippen LogP contribution >= 0.6 is 15.9 Å². The largest absolute Gasteiger partial charge is 0.277 e. The van der Waals surface area contributed by atoms with E-state index in [4.69, 9.17) is 0 Å². The smallest absolute Gasteiger partial charge is 0.265 e. The van der Waals surface area contributed by atoms with Gasteiger partial charge in [-0.3, -0.25) is 9.40 Å². The zero-order valence-electron chi connectivity index (χ0n) is 10.7. The Balaban J connectivity index is 2.47. The fraction of sp³-hybridized carbons (Fsp3) is 0.273. The van der Waals surface area contributed by atoms with E-state index in [9.17, 15) is 8.42 Å². The van der Waals surface area contributed by atoms with Gasteiger partial charge < -0.3 is 0 Å². The maximum absolute atomic E-state index is 12.4. The van der Waals surface area contributed by atoms with Gasteiger partial charge in [-0.25, -0.2) is 13.4 Å². The molecule has 0 spiro atoms. The van der Waals surface area contributed by atoms with E-state index in [0.29, 0.717) is 21.7 Å². The number of aryl methyl sites for hydroxylation is 2. The number of pyridine rings is 1. The SMILES string of the molecule is Cc1nn(C)c(C)c1S(=O)(=O)Nc1cccnc1Br. The molecule has 102 valence electrons. The number of nitrogens with one attached hydrogen (secondary N) is 1. The molecule has 0 unspecified atom stereocenters. The third-order valence-corrected chi connectivity index (χ3v) is 4.96. The summed E-state index contributed by atoms with van der Waals surface area (Å²) >= 11 is 3.20. The fourth-order valence-electron chi connectivity index (χ4n) is 1.80. The molecule has 6 nitrogen and oxygen atoms in total. The molecule has 0 aliphatic carbocycles. The van der Waals surface area contributed by atoms with Gasteiger partial charge in [0.25, 0.3) is 10.0 Å². The Labute approximate surface area is 120 Å². The second-order valence-corrected chi connectivity index (χ2v) is 6.44. The highest BCUT2D eigenvalue weighted by molar-refractivity contribution is 9.10. The second-order valence-electron chi connectivity index (χ2n) is 4.07. The number of nitrogens with zero attached hydrogens (tertiary/aromatic N) is 3. The van der Waals surface area contributed by atoms with Crippen molar-refractivity contribution < 1.29 is 8.42 Å². The second kappa shape index (κ2) is 4.93. The average Bonchev–Trinajstić information content (AvgIpc) is 2.56. The number of anilines is 1. The first-order valence-corrected chi connectivity index (χ1v) is 7.74. The summed E-state index contributed by atoms with van der Waals surface area (Å²) in [6.07, 6.45) is 1.57. The van der Waals surface area contributed by atoms with Crippen molar-refractivity contribution in [3.8, 4) is 0 Å². The predicted octanol–water partition coefficient (Wildman–Crippen LogP) is 2.00. The lowest BCUT2D eigenvalue weighted by Crippen LogP contribution is -2.15. The Morgan fingerprint density at radius 2 is 2.05 bits per heavy atom. The first-order valence-electron chi connectivity index (χ1n) is 5.46. The summed E-state index contributed by atoms with van der Waals surface area (Å²) in [5, 5.41) is 4.11. The highest BCUT2D eigenvalue weighted by Crippen LogP contribution is 2.25. The summed E-state index contributed by atoms with van der Waals surface area (Å²) in [5.74, 6) is 0. The van der Waals surface area contributed by atoms with Crippen molar-refractivity contribution in [2.45, 2.75) is 18.7 Å². The Hall–Kier alpha value is -1.41. The summed E-state index contributed by atoms with van der Waals surface area (Å²) in [6.45, 7) is 3.38. The molecule has 2 aromatic rings. The minimum atomic E-state index is -3.68. The summed E-state index contributed by atoms with van der Waals surface area (Å²) in [7, 11) is -1.97. The first-order chi connectivity index (χ1) is 8.83. The van der Waals surface area contributed by atoms with Crippen molar-refractivity contribution in [3.63, 3.8) is 0 Å². The first kappa shape index (κ1) is 14.0. The molecule has 0 atom stereocenters. The van der Waals surface area contributed by atoms with E-state index < -0.39 is 10.0 Å². The van der Waals surface area contributed by atoms with Crippen LogP contribution < -0.4 is 4.72 Å². The molecule has 8 heteroatoms. The van der Waals surface area contributed by atoms with Crippen LogP contribution in [0.5, 0.6) is 0 Å². The average molecular weight is 345 g/mol. The maximum Gasteiger partial charge on any atom is 0.265 e. The Bertz CT molecular complexity index is 724. The van der Waals surface area contributed by atoms with Crippen LogP contribution in [0.1, 0.15) is 11.4 Å². The molecule has 1 N–H and O–H groups in total. The lowest BCUT2D eigenvalue weighted by atomic mass is 10.4. The molecule has 0 fully saturated rings. The third-order valence-electron chi connectivity index (χ3n) is 2.71. The molecule has 2 aromatic heterocycles. The highest BCUT2D eigenvalue weighted by Gasteiger charge is 2.24. The van der Waals surface area contributed by atoms with E-state index in [-0.39, 0.29) is 4.90 Å². The van der Waals surface area contributed by atoms with Gasteiger partial charge in [-0.05, 0) is 41.9 Å². The van der Waals surface area contributed by atoms with Crippen LogP contribution in [0.4, 0.5) is 5.69 Å². The van der Waals surface area contributed by atoms with E-state index in [0.717, 1.165) is 0 Å². The molecule has 0 aliphatic rings. The van der Waals surface area contributed by atoms with E-state index in [1.54, 1.807) is 43.9 Å². The van der Waals surface area contributed by atoms with E-state index in [2.05, 4.69) is 30.7 Å². The molecule has 0 radical (unpaired) electrons. The molecule has 2 rings (SSSR count). The van der Waals surface area contributed by atoms with Crippen molar-refractivity contribution in [3.05, 3.63) is 34.3 Å². The van der Waals surface area contributed by atoms with Crippen LogP contribution in [0.2, 0.25) is 0 Å². The zero-order valence-corrected chi connectivity index (χ0v) is 13.1. The predicted molar refractivity (Wildman–Crippen MR) is 75.4 cm³/mol. The number of hydrogen-bond donors (Lipinski definition) is 1. The molecule has 0 bridgehead atoms. The van der Waals surface area contributed by atoms with Crippen molar-refractivity contribution >= 4 is 31.6 Å². The van der Waals surface area contributed by atoms with Crippen LogP contribution in [-0.2, 0) is 17.1 Å². The number of sulfonamides is 1. The van der Waals surface area contributed by atoms with Gasteiger partial charge in [0, 0.05) is 13.2 Å². The quantitative estimate of drug-likeness (QED) is 0.864. The van der Waals surface area contributed by atoms with Crippen LogP contribution in [-0.4, -0.2) is 23.2 Å². The highest BCUT2D eigenvalue weighted by atomic mass is 79.9. The van der Waals surface area contributed by atoms with Gasteiger partial charge in [0.2, 0.25) is 0 Å². The van der Waals surface area contributed by atoms with Gasteiger partial charge in [-0.1, -0.05) is 0 Å². The molecular formula is C11H13BrN4O2S. The molecular weight excluding hydrogens is 332 g/mol. The van der Waals surface area contributed by atoms with Crippen LogP contribution in [0, 0.1) is 13.8 Å². The summed E-state index contributed by atoms with van der Waals surface area (Å²) < 4.78 is 29.3. The fourth-order valence-corrected chi connectivity index (χ4v) is 3.79. The molecule has 2 heterocycles. The maximum atomic E-state index is 12.4. The van der Waals surface area contributed by atoms with Crippen molar-refractivity contribution in [2.75, 3.05) is 4.72 Å². The lowest BCUT2D eigenvalue weighted by molar-refractivity contribution is 0.599. The normalized spacial score (nSPS) is 11.6. The standard InChI is InChI=1S/C11H13BrN4O2S/c1-7-10(8(2)16(3)14-7)19(17,18)15-9-5-4-6-13-11(9)12/h4-6,15H,1-3H3. The lowest BCUT2D eigenvalue weighted by Gasteiger charge is -2.09. The summed E-state index contributed by atoms with van der Waals surface area (Å²) in [6, 6.07) is 3.29. The van der Waals surface area contributed by atoms with Crippen LogP contribution in [0.25, 0.3) is 0 Å². The Morgan fingerprint density at radius 3 is 2.58 bits per heavy atom. The van der Waals surface area contributed by atoms with Gasteiger partial charge in [0.1, 0.15) is 9.50 Å².